The summed E-state index contributed by atoms with van der Waals surface area (Å²) in [6, 6.07) is 12.9. The van der Waals surface area contributed by atoms with Crippen LogP contribution in [-0.2, 0) is 9.53 Å². The predicted molar refractivity (Wildman–Crippen MR) is 111 cm³/mol. The first kappa shape index (κ1) is 23.7. The molecule has 0 heterocycles. The van der Waals surface area contributed by atoms with E-state index in [9.17, 15) is 14.4 Å². The Balaban J connectivity index is 0.000000330. The van der Waals surface area contributed by atoms with E-state index < -0.39 is 17.5 Å². The molecule has 0 unspecified atom stereocenters. The van der Waals surface area contributed by atoms with Crippen molar-refractivity contribution in [2.24, 2.45) is 0 Å². The molecular weight excluding hydrogens is 448 g/mol. The van der Waals surface area contributed by atoms with Crippen molar-refractivity contribution in [3.8, 4) is 0 Å². The number of hydrogen-bond acceptors (Lipinski definition) is 5. The summed E-state index contributed by atoms with van der Waals surface area (Å²) < 4.78 is 6.05. The van der Waals surface area contributed by atoms with Gasteiger partial charge in [0.25, 0.3) is 0 Å². The Kier molecular flexibility index (Phi) is 9.21. The first-order valence-electron chi connectivity index (χ1n) is 8.15. The zero-order chi connectivity index (χ0) is 21.3. The summed E-state index contributed by atoms with van der Waals surface area (Å²) in [7, 11) is 0. The normalized spacial score (nSPS) is 10.4. The van der Waals surface area contributed by atoms with Crippen molar-refractivity contribution in [2.75, 3.05) is 5.75 Å². The first-order valence-corrected chi connectivity index (χ1v) is 9.92. The van der Waals surface area contributed by atoms with Gasteiger partial charge in [0.15, 0.2) is 0 Å². The van der Waals surface area contributed by atoms with Crippen LogP contribution in [0.15, 0.2) is 57.9 Å². The maximum absolute atomic E-state index is 11.5. The molecule has 150 valence electrons. The molecule has 2 aromatic carbocycles. The molecule has 2 N–H and O–H groups in total. The Labute approximate surface area is 176 Å². The van der Waals surface area contributed by atoms with Crippen LogP contribution in [-0.4, -0.2) is 39.5 Å². The van der Waals surface area contributed by atoms with Crippen molar-refractivity contribution >= 4 is 45.6 Å². The van der Waals surface area contributed by atoms with Gasteiger partial charge in [-0.1, -0.05) is 15.9 Å². The van der Waals surface area contributed by atoms with E-state index in [0.717, 1.165) is 9.37 Å². The summed E-state index contributed by atoms with van der Waals surface area (Å²) in [6.07, 6.45) is 0. The Morgan fingerprint density at radius 3 is 1.71 bits per heavy atom. The Morgan fingerprint density at radius 2 is 1.32 bits per heavy atom. The number of carbonyl (C=O) groups is 3. The number of benzene rings is 2. The molecule has 0 aliphatic carbocycles. The second-order valence-electron chi connectivity index (χ2n) is 6.52. The number of hydrogen-bond donors (Lipinski definition) is 2. The van der Waals surface area contributed by atoms with Crippen molar-refractivity contribution in [1.82, 2.24) is 0 Å². The maximum Gasteiger partial charge on any atom is 0.335 e. The minimum Gasteiger partial charge on any atom is -0.478 e. The third-order valence-corrected chi connectivity index (χ3v) is 4.48. The molecule has 0 fully saturated rings. The Hall–Kier alpha value is -2.32. The van der Waals surface area contributed by atoms with E-state index in [1.54, 1.807) is 36.4 Å². The smallest absolute Gasteiger partial charge is 0.335 e. The highest BCUT2D eigenvalue weighted by molar-refractivity contribution is 9.10. The lowest BCUT2D eigenvalue weighted by Crippen LogP contribution is -2.24. The molecule has 0 bridgehead atoms. The molecule has 0 saturated carbocycles. The summed E-state index contributed by atoms with van der Waals surface area (Å²) in [5.74, 6) is -1.93. The second kappa shape index (κ2) is 10.9. The average molecular weight is 469 g/mol. The molecule has 0 amide bonds. The van der Waals surface area contributed by atoms with E-state index in [1.165, 1.54) is 23.9 Å². The first-order chi connectivity index (χ1) is 13.0. The van der Waals surface area contributed by atoms with Crippen molar-refractivity contribution in [1.29, 1.82) is 0 Å². The molecule has 0 aliphatic rings. The summed E-state index contributed by atoms with van der Waals surface area (Å²) in [5, 5.41) is 17.2. The second-order valence-corrected chi connectivity index (χ2v) is 8.48. The molecule has 0 radical (unpaired) electrons. The molecule has 2 aromatic rings. The van der Waals surface area contributed by atoms with Crippen LogP contribution in [0.25, 0.3) is 0 Å². The number of aromatic carboxylic acids is 2. The summed E-state index contributed by atoms with van der Waals surface area (Å²) >= 11 is 4.52. The molecule has 0 aromatic heterocycles. The topological polar surface area (TPSA) is 101 Å². The number of rotatable bonds is 5. The fourth-order valence-corrected chi connectivity index (χ4v) is 2.74. The number of esters is 1. The average Bonchev–Trinajstić information content (AvgIpc) is 2.60. The van der Waals surface area contributed by atoms with Crippen LogP contribution < -0.4 is 0 Å². The van der Waals surface area contributed by atoms with Crippen LogP contribution in [0, 0.1) is 0 Å². The van der Waals surface area contributed by atoms with Crippen LogP contribution >= 0.6 is 27.7 Å². The monoisotopic (exact) mass is 468 g/mol. The highest BCUT2D eigenvalue weighted by Crippen LogP contribution is 2.19. The molecule has 0 saturated heterocycles. The van der Waals surface area contributed by atoms with Gasteiger partial charge in [-0.05, 0) is 69.3 Å². The molecule has 2 rings (SSSR count). The number of carboxylic acids is 2. The number of carboxylic acid groups (broad SMARTS) is 2. The molecule has 0 spiro atoms. The van der Waals surface area contributed by atoms with Gasteiger partial charge in [-0.25, -0.2) is 9.59 Å². The molecular formula is C20H21BrO6S. The SMILES string of the molecule is CC(C)(C)OC(=O)CSc1ccc(C(=O)O)cc1.O=C(O)c1ccc(Br)cc1. The fraction of sp³-hybridized carbons (Fsp3) is 0.250. The molecule has 28 heavy (non-hydrogen) atoms. The predicted octanol–water partition coefficient (Wildman–Crippen LogP) is 4.97. The zero-order valence-electron chi connectivity index (χ0n) is 15.6. The van der Waals surface area contributed by atoms with Gasteiger partial charge in [-0.3, -0.25) is 4.79 Å². The minimum atomic E-state index is -0.960. The quantitative estimate of drug-likeness (QED) is 0.471. The van der Waals surface area contributed by atoms with Crippen molar-refractivity contribution < 1.29 is 29.3 Å². The van der Waals surface area contributed by atoms with Crippen LogP contribution in [0.3, 0.4) is 0 Å². The minimum absolute atomic E-state index is 0.212. The molecule has 6 nitrogen and oxygen atoms in total. The van der Waals surface area contributed by atoms with E-state index in [-0.39, 0.29) is 17.3 Å². The van der Waals surface area contributed by atoms with Gasteiger partial charge in [0, 0.05) is 9.37 Å². The van der Waals surface area contributed by atoms with Gasteiger partial charge >= 0.3 is 17.9 Å². The third kappa shape index (κ3) is 9.57. The number of ether oxygens (including phenoxy) is 1. The Morgan fingerprint density at radius 1 is 0.893 bits per heavy atom. The third-order valence-electron chi connectivity index (χ3n) is 2.97. The van der Waals surface area contributed by atoms with Crippen LogP contribution in [0.4, 0.5) is 0 Å². The van der Waals surface area contributed by atoms with E-state index in [1.807, 2.05) is 20.8 Å². The van der Waals surface area contributed by atoms with Gasteiger partial charge in [0.05, 0.1) is 16.9 Å². The van der Waals surface area contributed by atoms with Crippen LogP contribution in [0.1, 0.15) is 41.5 Å². The number of carbonyl (C=O) groups excluding carboxylic acids is 1. The van der Waals surface area contributed by atoms with Gasteiger partial charge < -0.3 is 14.9 Å². The highest BCUT2D eigenvalue weighted by atomic mass is 79.9. The van der Waals surface area contributed by atoms with Gasteiger partial charge in [-0.15, -0.1) is 11.8 Å². The fourth-order valence-electron chi connectivity index (χ4n) is 1.80. The lowest BCUT2D eigenvalue weighted by Gasteiger charge is -2.19. The number of thioether (sulfide) groups is 1. The summed E-state index contributed by atoms with van der Waals surface area (Å²) in [4.78, 5) is 33.3. The van der Waals surface area contributed by atoms with E-state index in [4.69, 9.17) is 14.9 Å². The Bertz CT molecular complexity index is 810. The van der Waals surface area contributed by atoms with E-state index >= 15 is 0 Å². The number of halogens is 1. The molecule has 0 atom stereocenters. The van der Waals surface area contributed by atoms with Gasteiger partial charge in [-0.2, -0.15) is 0 Å². The zero-order valence-corrected chi connectivity index (χ0v) is 18.0. The summed E-state index contributed by atoms with van der Waals surface area (Å²) in [5.41, 5.74) is 0.0602. The lowest BCUT2D eigenvalue weighted by molar-refractivity contribution is -0.151. The van der Waals surface area contributed by atoms with E-state index in [2.05, 4.69) is 15.9 Å². The summed E-state index contributed by atoms with van der Waals surface area (Å²) in [6.45, 7) is 5.45. The molecule has 8 heteroatoms. The maximum atomic E-state index is 11.5. The standard InChI is InChI=1S/C13H16O4S.C7H5BrO2/c1-13(2,3)17-11(14)8-18-10-6-4-9(5-7-10)12(15)16;8-6-3-1-5(2-4-6)7(9)10/h4-7H,8H2,1-3H3,(H,15,16);1-4H,(H,9,10). The van der Waals surface area contributed by atoms with Crippen LogP contribution in [0.2, 0.25) is 0 Å². The molecule has 0 aliphatic heterocycles. The van der Waals surface area contributed by atoms with Gasteiger partial charge in [0.2, 0.25) is 0 Å². The van der Waals surface area contributed by atoms with Crippen molar-refractivity contribution in [3.05, 3.63) is 64.1 Å². The largest absolute Gasteiger partial charge is 0.478 e. The van der Waals surface area contributed by atoms with Gasteiger partial charge in [0.1, 0.15) is 5.60 Å². The van der Waals surface area contributed by atoms with Crippen molar-refractivity contribution in [3.63, 3.8) is 0 Å². The lowest BCUT2D eigenvalue weighted by atomic mass is 10.2. The highest BCUT2D eigenvalue weighted by Gasteiger charge is 2.16. The van der Waals surface area contributed by atoms with E-state index in [0.29, 0.717) is 5.56 Å². The van der Waals surface area contributed by atoms with Crippen molar-refractivity contribution in [2.45, 2.75) is 31.3 Å². The van der Waals surface area contributed by atoms with Crippen LogP contribution in [0.5, 0.6) is 0 Å².